The van der Waals surface area contributed by atoms with Crippen LogP contribution >= 0.6 is 11.8 Å². The van der Waals surface area contributed by atoms with E-state index in [0.29, 0.717) is 17.3 Å². The van der Waals surface area contributed by atoms with Gasteiger partial charge >= 0.3 is 0 Å². The lowest BCUT2D eigenvalue weighted by molar-refractivity contribution is 0.315. The molecule has 0 spiro atoms. The van der Waals surface area contributed by atoms with Crippen LogP contribution in [0, 0.1) is 0 Å². The topological polar surface area (TPSA) is 67.4 Å². The number of rotatable bonds is 8. The molecular formula is C14H22N2O3S2. The number of nitrogens with one attached hydrogen (secondary N) is 2. The zero-order valence-electron chi connectivity index (χ0n) is 12.2. The summed E-state index contributed by atoms with van der Waals surface area (Å²) in [5.74, 6) is 2.56. The molecular weight excluding hydrogens is 308 g/mol. The average molecular weight is 330 g/mol. The van der Waals surface area contributed by atoms with Gasteiger partial charge in [0.1, 0.15) is 12.4 Å². The van der Waals surface area contributed by atoms with Gasteiger partial charge in [0.15, 0.2) is 0 Å². The summed E-state index contributed by atoms with van der Waals surface area (Å²) in [6.45, 7) is 4.29. The molecule has 0 amide bonds. The number of sulfonamides is 1. The Hall–Kier alpha value is -0.760. The number of benzene rings is 1. The number of ether oxygens (including phenoxy) is 1. The minimum atomic E-state index is -3.42. The van der Waals surface area contributed by atoms with E-state index in [4.69, 9.17) is 4.74 Å². The molecule has 1 aromatic rings. The molecule has 0 radical (unpaired) electrons. The van der Waals surface area contributed by atoms with Crippen LogP contribution in [0.25, 0.3) is 0 Å². The lowest BCUT2D eigenvalue weighted by atomic mass is 10.3. The normalized spacial score (nSPS) is 18.8. The molecule has 2 rings (SSSR count). The van der Waals surface area contributed by atoms with Gasteiger partial charge in [-0.2, -0.15) is 11.8 Å². The number of thioether (sulfide) groups is 1. The van der Waals surface area contributed by atoms with E-state index in [1.54, 1.807) is 36.0 Å². The maximum absolute atomic E-state index is 12.2. The molecule has 118 valence electrons. The van der Waals surface area contributed by atoms with Crippen molar-refractivity contribution in [3.05, 3.63) is 24.3 Å². The van der Waals surface area contributed by atoms with E-state index in [0.717, 1.165) is 31.0 Å². The van der Waals surface area contributed by atoms with Crippen LogP contribution in [-0.2, 0) is 10.0 Å². The average Bonchev–Trinajstić information content (AvgIpc) is 2.96. The first-order chi connectivity index (χ1) is 10.1. The quantitative estimate of drug-likeness (QED) is 0.706. The van der Waals surface area contributed by atoms with Gasteiger partial charge in [0.25, 0.3) is 0 Å². The zero-order valence-corrected chi connectivity index (χ0v) is 13.8. The van der Waals surface area contributed by atoms with Crippen LogP contribution in [0.15, 0.2) is 29.2 Å². The standard InChI is InChI=1S/C14H22N2O3S2/c1-2-15-8-9-19-13-3-5-14(6-4-13)21(17,18)16-12-7-10-20-11-12/h3-6,12,15-16H,2,7-11H2,1H3. The molecule has 7 heteroatoms. The van der Waals surface area contributed by atoms with Crippen LogP contribution in [-0.4, -0.2) is 45.7 Å². The van der Waals surface area contributed by atoms with Crippen molar-refractivity contribution < 1.29 is 13.2 Å². The summed E-state index contributed by atoms with van der Waals surface area (Å²) in [5.41, 5.74) is 0. The molecule has 0 aliphatic carbocycles. The lowest BCUT2D eigenvalue weighted by Crippen LogP contribution is -2.34. The van der Waals surface area contributed by atoms with Crippen molar-refractivity contribution in [2.45, 2.75) is 24.3 Å². The third-order valence-electron chi connectivity index (χ3n) is 3.18. The summed E-state index contributed by atoms with van der Waals surface area (Å²) >= 11 is 1.78. The van der Waals surface area contributed by atoms with Crippen molar-refractivity contribution in [2.24, 2.45) is 0 Å². The summed E-state index contributed by atoms with van der Waals surface area (Å²) in [6.07, 6.45) is 0.898. The molecule has 21 heavy (non-hydrogen) atoms. The van der Waals surface area contributed by atoms with Crippen molar-refractivity contribution >= 4 is 21.8 Å². The van der Waals surface area contributed by atoms with Crippen LogP contribution in [0.5, 0.6) is 5.75 Å². The van der Waals surface area contributed by atoms with Gasteiger partial charge < -0.3 is 10.1 Å². The van der Waals surface area contributed by atoms with Gasteiger partial charge in [0.2, 0.25) is 10.0 Å². The fourth-order valence-corrected chi connectivity index (χ4v) is 4.58. The van der Waals surface area contributed by atoms with Crippen LogP contribution in [0.1, 0.15) is 13.3 Å². The van der Waals surface area contributed by atoms with Crippen molar-refractivity contribution in [2.75, 3.05) is 31.2 Å². The first-order valence-electron chi connectivity index (χ1n) is 7.15. The Bertz CT molecular complexity index is 526. The van der Waals surface area contributed by atoms with Gasteiger partial charge in [-0.3, -0.25) is 0 Å². The molecule has 0 aromatic heterocycles. The monoisotopic (exact) mass is 330 g/mol. The van der Waals surface area contributed by atoms with Crippen LogP contribution in [0.4, 0.5) is 0 Å². The molecule has 2 N–H and O–H groups in total. The fourth-order valence-electron chi connectivity index (χ4n) is 2.05. The van der Waals surface area contributed by atoms with E-state index < -0.39 is 10.0 Å². The second kappa shape index (κ2) is 8.03. The summed E-state index contributed by atoms with van der Waals surface area (Å²) in [4.78, 5) is 0.290. The summed E-state index contributed by atoms with van der Waals surface area (Å²) in [7, 11) is -3.42. The summed E-state index contributed by atoms with van der Waals surface area (Å²) in [6, 6.07) is 6.63. The highest BCUT2D eigenvalue weighted by atomic mass is 32.2. The highest BCUT2D eigenvalue weighted by Crippen LogP contribution is 2.21. The second-order valence-corrected chi connectivity index (χ2v) is 7.72. The van der Waals surface area contributed by atoms with Gasteiger partial charge in [-0.15, -0.1) is 0 Å². The van der Waals surface area contributed by atoms with Crippen LogP contribution in [0.3, 0.4) is 0 Å². The van der Waals surface area contributed by atoms with E-state index in [2.05, 4.69) is 10.0 Å². The Labute approximate surface area is 130 Å². The minimum Gasteiger partial charge on any atom is -0.492 e. The second-order valence-electron chi connectivity index (χ2n) is 4.86. The molecule has 1 fully saturated rings. The van der Waals surface area contributed by atoms with Gasteiger partial charge in [-0.1, -0.05) is 6.92 Å². The SMILES string of the molecule is CCNCCOc1ccc(S(=O)(=O)NC2CCSC2)cc1. The first kappa shape index (κ1) is 16.6. The smallest absolute Gasteiger partial charge is 0.240 e. The van der Waals surface area contributed by atoms with Crippen LogP contribution < -0.4 is 14.8 Å². The molecule has 1 aromatic carbocycles. The molecule has 1 atom stereocenters. The van der Waals surface area contributed by atoms with Gasteiger partial charge in [-0.25, -0.2) is 13.1 Å². The Kier molecular flexibility index (Phi) is 6.35. The molecule has 1 unspecified atom stereocenters. The fraction of sp³-hybridized carbons (Fsp3) is 0.571. The molecule has 0 saturated carbocycles. The Morgan fingerprint density at radius 3 is 2.71 bits per heavy atom. The predicted octanol–water partition coefficient (Wildman–Crippen LogP) is 1.46. The number of hydrogen-bond acceptors (Lipinski definition) is 5. The third-order valence-corrected chi connectivity index (χ3v) is 5.88. The summed E-state index contributed by atoms with van der Waals surface area (Å²) < 4.78 is 32.7. The Balaban J connectivity index is 1.90. The molecule has 1 aliphatic rings. The predicted molar refractivity (Wildman–Crippen MR) is 86.5 cm³/mol. The molecule has 5 nitrogen and oxygen atoms in total. The van der Waals surface area contributed by atoms with Crippen molar-refractivity contribution in [3.63, 3.8) is 0 Å². The number of hydrogen-bond donors (Lipinski definition) is 2. The highest BCUT2D eigenvalue weighted by Gasteiger charge is 2.23. The van der Waals surface area contributed by atoms with Gasteiger partial charge in [0.05, 0.1) is 4.90 Å². The van der Waals surface area contributed by atoms with E-state index in [9.17, 15) is 8.42 Å². The van der Waals surface area contributed by atoms with Gasteiger partial charge in [0, 0.05) is 18.3 Å². The largest absolute Gasteiger partial charge is 0.492 e. The zero-order chi connectivity index (χ0) is 15.1. The lowest BCUT2D eigenvalue weighted by Gasteiger charge is -2.12. The molecule has 0 bridgehead atoms. The minimum absolute atomic E-state index is 0.0519. The van der Waals surface area contributed by atoms with E-state index >= 15 is 0 Å². The van der Waals surface area contributed by atoms with E-state index in [1.165, 1.54) is 0 Å². The van der Waals surface area contributed by atoms with Crippen molar-refractivity contribution in [1.29, 1.82) is 0 Å². The molecule has 1 heterocycles. The maximum atomic E-state index is 12.2. The Morgan fingerprint density at radius 2 is 2.10 bits per heavy atom. The van der Waals surface area contributed by atoms with Gasteiger partial charge in [-0.05, 0) is 43.0 Å². The van der Waals surface area contributed by atoms with Crippen molar-refractivity contribution in [3.8, 4) is 5.75 Å². The summed E-state index contributed by atoms with van der Waals surface area (Å²) in [5, 5.41) is 3.16. The van der Waals surface area contributed by atoms with Crippen molar-refractivity contribution in [1.82, 2.24) is 10.0 Å². The number of likely N-dealkylation sites (N-methyl/N-ethyl adjacent to an activating group) is 1. The molecule has 1 aliphatic heterocycles. The highest BCUT2D eigenvalue weighted by molar-refractivity contribution is 7.99. The van der Waals surface area contributed by atoms with E-state index in [-0.39, 0.29) is 6.04 Å². The molecule has 1 saturated heterocycles. The third kappa shape index (κ3) is 5.18. The Morgan fingerprint density at radius 1 is 1.33 bits per heavy atom. The van der Waals surface area contributed by atoms with Crippen LogP contribution in [0.2, 0.25) is 0 Å². The first-order valence-corrected chi connectivity index (χ1v) is 9.79. The maximum Gasteiger partial charge on any atom is 0.240 e. The van der Waals surface area contributed by atoms with E-state index in [1.807, 2.05) is 6.92 Å².